The summed E-state index contributed by atoms with van der Waals surface area (Å²) in [6.07, 6.45) is 0.912. The lowest BCUT2D eigenvalue weighted by Crippen LogP contribution is -2.32. The first-order chi connectivity index (χ1) is 17.7. The highest BCUT2D eigenvalue weighted by Crippen LogP contribution is 2.42. The number of rotatable bonds is 8. The molecule has 1 aliphatic rings. The van der Waals surface area contributed by atoms with E-state index in [2.05, 4.69) is 72.6 Å². The minimum Gasteiger partial charge on any atom is -0.482 e. The quantitative estimate of drug-likeness (QED) is 0.311. The van der Waals surface area contributed by atoms with Crippen LogP contribution in [0.1, 0.15) is 30.4 Å². The van der Waals surface area contributed by atoms with Crippen molar-refractivity contribution in [1.29, 1.82) is 0 Å². The predicted molar refractivity (Wildman–Crippen MR) is 144 cm³/mol. The van der Waals surface area contributed by atoms with E-state index in [1.54, 1.807) is 6.07 Å². The summed E-state index contributed by atoms with van der Waals surface area (Å²) in [6, 6.07) is 36.9. The maximum atomic E-state index is 11.0. The van der Waals surface area contributed by atoms with Gasteiger partial charge in [0.1, 0.15) is 5.75 Å². The lowest BCUT2D eigenvalue weighted by atomic mass is 9.84. The zero-order valence-electron chi connectivity index (χ0n) is 20.1. The Morgan fingerprint density at radius 3 is 2.25 bits per heavy atom. The Morgan fingerprint density at radius 1 is 0.861 bits per heavy atom. The molecule has 4 aromatic rings. The first-order valence-electron chi connectivity index (χ1n) is 12.2. The van der Waals surface area contributed by atoms with Crippen LogP contribution < -0.4 is 9.75 Å². The third kappa shape index (κ3) is 4.73. The molecule has 2 atom stereocenters. The molecular formula is C31H28N2O3. The minimum atomic E-state index is -1.00. The maximum Gasteiger partial charge on any atom is 0.341 e. The Balaban J connectivity index is 1.60. The summed E-state index contributed by atoms with van der Waals surface area (Å²) in [6.45, 7) is 1.83. The van der Waals surface area contributed by atoms with Crippen LogP contribution in [-0.4, -0.2) is 29.4 Å². The fourth-order valence-electron chi connectivity index (χ4n) is 4.92. The second-order valence-corrected chi connectivity index (χ2v) is 8.79. The molecule has 1 heterocycles. The third-order valence-electron chi connectivity index (χ3n) is 6.51. The number of carbonyl (C=O) groups is 1. The van der Waals surface area contributed by atoms with Gasteiger partial charge >= 0.3 is 5.97 Å². The number of carboxylic acid groups (broad SMARTS) is 1. The van der Waals surface area contributed by atoms with E-state index in [-0.39, 0.29) is 18.6 Å². The Bertz CT molecular complexity index is 1370. The van der Waals surface area contributed by atoms with Crippen molar-refractivity contribution in [2.24, 2.45) is 5.10 Å². The second kappa shape index (κ2) is 10.5. The molecule has 0 radical (unpaired) electrons. The molecule has 180 valence electrons. The molecule has 0 saturated heterocycles. The van der Waals surface area contributed by atoms with E-state index in [0.29, 0.717) is 5.75 Å². The average molecular weight is 477 g/mol. The molecule has 5 rings (SSSR count). The molecule has 0 saturated carbocycles. The van der Waals surface area contributed by atoms with Crippen LogP contribution >= 0.6 is 0 Å². The normalized spacial score (nSPS) is 17.0. The summed E-state index contributed by atoms with van der Waals surface area (Å²) in [7, 11) is 0. The molecule has 36 heavy (non-hydrogen) atoms. The highest BCUT2D eigenvalue weighted by Gasteiger charge is 2.39. The zero-order valence-corrected chi connectivity index (χ0v) is 20.1. The molecule has 4 aromatic carbocycles. The highest BCUT2D eigenvalue weighted by atomic mass is 16.5. The first kappa shape index (κ1) is 23.4. The number of benzene rings is 4. The van der Waals surface area contributed by atoms with E-state index in [4.69, 9.17) is 14.9 Å². The summed E-state index contributed by atoms with van der Waals surface area (Å²) in [5.41, 5.74) is 6.39. The lowest BCUT2D eigenvalue weighted by Gasteiger charge is -2.29. The van der Waals surface area contributed by atoms with Gasteiger partial charge in [-0.3, -0.25) is 5.01 Å². The molecule has 0 amide bonds. The minimum absolute atomic E-state index is 0.122. The Kier molecular flexibility index (Phi) is 6.80. The van der Waals surface area contributed by atoms with Crippen molar-refractivity contribution < 1.29 is 14.6 Å². The first-order valence-corrected chi connectivity index (χ1v) is 12.2. The molecule has 0 aliphatic carbocycles. The molecule has 5 nitrogen and oxygen atoms in total. The van der Waals surface area contributed by atoms with Crippen LogP contribution in [0.25, 0.3) is 11.1 Å². The number of carboxylic acids is 1. The number of anilines is 1. The van der Waals surface area contributed by atoms with Crippen molar-refractivity contribution in [3.8, 4) is 16.9 Å². The summed E-state index contributed by atoms with van der Waals surface area (Å²) in [4.78, 5) is 11.0. The van der Waals surface area contributed by atoms with Gasteiger partial charge < -0.3 is 9.84 Å². The highest BCUT2D eigenvalue weighted by molar-refractivity contribution is 6.08. The van der Waals surface area contributed by atoms with Crippen molar-refractivity contribution >= 4 is 17.4 Å². The summed E-state index contributed by atoms with van der Waals surface area (Å²) >= 11 is 0. The van der Waals surface area contributed by atoms with E-state index >= 15 is 0 Å². The van der Waals surface area contributed by atoms with Crippen molar-refractivity contribution in [3.05, 3.63) is 120 Å². The van der Waals surface area contributed by atoms with Crippen molar-refractivity contribution in [2.75, 3.05) is 11.6 Å². The van der Waals surface area contributed by atoms with Crippen LogP contribution in [0, 0.1) is 0 Å². The number of hydrogen-bond acceptors (Lipinski definition) is 4. The number of aliphatic carboxylic acids is 1. The molecule has 2 unspecified atom stereocenters. The van der Waals surface area contributed by atoms with Crippen molar-refractivity contribution in [3.63, 3.8) is 0 Å². The van der Waals surface area contributed by atoms with E-state index in [0.717, 1.165) is 34.5 Å². The van der Waals surface area contributed by atoms with Gasteiger partial charge in [-0.1, -0.05) is 97.9 Å². The van der Waals surface area contributed by atoms with E-state index in [1.807, 2.05) is 42.5 Å². The standard InChI is InChI=1S/C31H28N2O3/c1-2-27-30(22-12-5-3-6-13-22)31(23-14-7-4-8-15-23)32-33(27)28-19-10-9-18-26(28)24-16-11-17-25(20-24)36-21-29(34)35/h3-20,27,30H,2,21H2,1H3,(H,34,35). The average Bonchev–Trinajstić information content (AvgIpc) is 3.32. The van der Waals surface area contributed by atoms with E-state index < -0.39 is 5.97 Å². The molecule has 0 spiro atoms. The smallest absolute Gasteiger partial charge is 0.341 e. The predicted octanol–water partition coefficient (Wildman–Crippen LogP) is 6.60. The van der Waals surface area contributed by atoms with Gasteiger partial charge in [0.25, 0.3) is 0 Å². The summed E-state index contributed by atoms with van der Waals surface area (Å²) in [5.74, 6) is -0.357. The van der Waals surface area contributed by atoms with Crippen LogP contribution in [0.15, 0.2) is 114 Å². The topological polar surface area (TPSA) is 62.1 Å². The van der Waals surface area contributed by atoms with Crippen molar-refractivity contribution in [1.82, 2.24) is 0 Å². The van der Waals surface area contributed by atoms with Gasteiger partial charge in [-0.2, -0.15) is 5.10 Å². The SMILES string of the molecule is CCC1C(c2ccccc2)C(c2ccccc2)=NN1c1ccccc1-c1cccc(OCC(=O)O)c1. The van der Waals surface area contributed by atoms with Gasteiger partial charge in [0, 0.05) is 5.56 Å². The fourth-order valence-corrected chi connectivity index (χ4v) is 4.92. The zero-order chi connectivity index (χ0) is 24.9. The van der Waals surface area contributed by atoms with Gasteiger partial charge in [0.2, 0.25) is 0 Å². The van der Waals surface area contributed by atoms with Gasteiger partial charge in [0.15, 0.2) is 6.61 Å². The maximum absolute atomic E-state index is 11.0. The molecule has 0 fully saturated rings. The van der Waals surface area contributed by atoms with E-state index in [9.17, 15) is 4.79 Å². The van der Waals surface area contributed by atoms with Gasteiger partial charge in [-0.25, -0.2) is 4.79 Å². The molecule has 1 N–H and O–H groups in total. The fraction of sp³-hybridized carbons (Fsp3) is 0.161. The number of para-hydroxylation sites is 1. The number of hydrazone groups is 1. The largest absolute Gasteiger partial charge is 0.482 e. The Morgan fingerprint density at radius 2 is 1.53 bits per heavy atom. The lowest BCUT2D eigenvalue weighted by molar-refractivity contribution is -0.139. The van der Waals surface area contributed by atoms with Gasteiger partial charge in [-0.05, 0) is 41.3 Å². The van der Waals surface area contributed by atoms with Crippen LogP contribution in [0.4, 0.5) is 5.69 Å². The summed E-state index contributed by atoms with van der Waals surface area (Å²) < 4.78 is 5.45. The number of hydrogen-bond donors (Lipinski definition) is 1. The second-order valence-electron chi connectivity index (χ2n) is 8.79. The molecular weight excluding hydrogens is 448 g/mol. The number of ether oxygens (including phenoxy) is 1. The monoisotopic (exact) mass is 476 g/mol. The van der Waals surface area contributed by atoms with Crippen LogP contribution in [0.3, 0.4) is 0 Å². The molecule has 0 aromatic heterocycles. The van der Waals surface area contributed by atoms with Gasteiger partial charge in [-0.15, -0.1) is 0 Å². The van der Waals surface area contributed by atoms with Crippen molar-refractivity contribution in [2.45, 2.75) is 25.3 Å². The van der Waals surface area contributed by atoms with Crippen LogP contribution in [0.5, 0.6) is 5.75 Å². The third-order valence-corrected chi connectivity index (χ3v) is 6.51. The van der Waals surface area contributed by atoms with Gasteiger partial charge in [0.05, 0.1) is 23.4 Å². The van der Waals surface area contributed by atoms with Crippen LogP contribution in [-0.2, 0) is 4.79 Å². The van der Waals surface area contributed by atoms with Crippen LogP contribution in [0.2, 0.25) is 0 Å². The molecule has 0 bridgehead atoms. The van der Waals surface area contributed by atoms with E-state index in [1.165, 1.54) is 5.56 Å². The number of nitrogens with zero attached hydrogens (tertiary/aromatic N) is 2. The summed E-state index contributed by atoms with van der Waals surface area (Å²) in [5, 5.41) is 16.4. The molecule has 1 aliphatic heterocycles. The Hall–Kier alpha value is -4.38. The Labute approximate surface area is 211 Å². The molecule has 5 heteroatoms.